The highest BCUT2D eigenvalue weighted by Crippen LogP contribution is 2.15. The summed E-state index contributed by atoms with van der Waals surface area (Å²) in [6.07, 6.45) is 0. The smallest absolute Gasteiger partial charge is 0.155 e. The molecule has 0 aliphatic heterocycles. The second kappa shape index (κ2) is 5.38. The average Bonchev–Trinajstić information content (AvgIpc) is 2.28. The molecule has 0 atom stereocenters. The number of hydrogen-bond acceptors (Lipinski definition) is 0. The molecular weight excluding hydrogens is 194 g/mol. The third-order valence-corrected chi connectivity index (χ3v) is 3.46. The van der Waals surface area contributed by atoms with Crippen LogP contribution in [0, 0.1) is 0 Å². The Kier molecular flexibility index (Phi) is 4.43. The average molecular weight is 213 g/mol. The van der Waals surface area contributed by atoms with Crippen molar-refractivity contribution in [2.45, 2.75) is 20.4 Å². The van der Waals surface area contributed by atoms with Crippen molar-refractivity contribution >= 4 is 11.6 Å². The number of rotatable bonds is 5. The monoisotopic (exact) mass is 212 g/mol. The fourth-order valence-corrected chi connectivity index (χ4v) is 2.05. The first-order chi connectivity index (χ1) is 6.76. The van der Waals surface area contributed by atoms with Crippen LogP contribution in [0.3, 0.4) is 0 Å². The minimum absolute atomic E-state index is 0.696. The zero-order valence-electron chi connectivity index (χ0n) is 9.04. The molecule has 0 spiro atoms. The zero-order valence-corrected chi connectivity index (χ0v) is 9.80. The van der Waals surface area contributed by atoms with Crippen molar-refractivity contribution in [1.29, 1.82) is 0 Å². The van der Waals surface area contributed by atoms with Crippen LogP contribution in [-0.2, 0) is 6.54 Å². The highest BCUT2D eigenvalue weighted by molar-refractivity contribution is 6.16. The molecule has 0 N–H and O–H groups in total. The van der Waals surface area contributed by atoms with Crippen LogP contribution in [0.1, 0.15) is 19.4 Å². The van der Waals surface area contributed by atoms with Gasteiger partial charge < -0.3 is 4.48 Å². The van der Waals surface area contributed by atoms with E-state index < -0.39 is 0 Å². The molecule has 0 aliphatic rings. The molecular formula is C12H19ClN+. The SMILES string of the molecule is CC[N+](CC)(CCl)Cc1ccccc1. The zero-order chi connectivity index (χ0) is 10.4. The van der Waals surface area contributed by atoms with Gasteiger partial charge in [0.05, 0.1) is 13.1 Å². The van der Waals surface area contributed by atoms with Gasteiger partial charge in [-0.1, -0.05) is 41.9 Å². The summed E-state index contributed by atoms with van der Waals surface area (Å²) in [5.41, 5.74) is 1.37. The van der Waals surface area contributed by atoms with Gasteiger partial charge in [-0.05, 0) is 13.8 Å². The van der Waals surface area contributed by atoms with Gasteiger partial charge in [-0.25, -0.2) is 0 Å². The third kappa shape index (κ3) is 2.73. The molecule has 0 fully saturated rings. The quantitative estimate of drug-likeness (QED) is 0.400. The molecule has 78 valence electrons. The van der Waals surface area contributed by atoms with Gasteiger partial charge in [0.1, 0.15) is 6.54 Å². The number of hydrogen-bond donors (Lipinski definition) is 0. The van der Waals surface area contributed by atoms with Gasteiger partial charge in [-0.15, -0.1) is 0 Å². The van der Waals surface area contributed by atoms with Crippen molar-refractivity contribution in [3.8, 4) is 0 Å². The Balaban J connectivity index is 2.74. The normalized spacial score (nSPS) is 11.6. The lowest BCUT2D eigenvalue weighted by Gasteiger charge is -2.34. The lowest BCUT2D eigenvalue weighted by molar-refractivity contribution is -0.927. The Morgan fingerprint density at radius 3 is 2.07 bits per heavy atom. The molecule has 2 heteroatoms. The van der Waals surface area contributed by atoms with Gasteiger partial charge in [0, 0.05) is 5.56 Å². The molecule has 0 unspecified atom stereocenters. The lowest BCUT2D eigenvalue weighted by Crippen LogP contribution is -2.45. The fourth-order valence-electron chi connectivity index (χ4n) is 1.63. The van der Waals surface area contributed by atoms with E-state index in [1.807, 2.05) is 0 Å². The van der Waals surface area contributed by atoms with Crippen LogP contribution in [0.4, 0.5) is 0 Å². The highest BCUT2D eigenvalue weighted by Gasteiger charge is 2.21. The summed E-state index contributed by atoms with van der Waals surface area (Å²) in [5, 5.41) is 0. The Bertz CT molecular complexity index is 246. The summed E-state index contributed by atoms with van der Waals surface area (Å²) in [6.45, 7) is 7.63. The molecule has 0 radical (unpaired) electrons. The maximum Gasteiger partial charge on any atom is 0.155 e. The van der Waals surface area contributed by atoms with E-state index in [-0.39, 0.29) is 0 Å². The Morgan fingerprint density at radius 1 is 1.07 bits per heavy atom. The van der Waals surface area contributed by atoms with Crippen LogP contribution >= 0.6 is 11.6 Å². The number of nitrogens with zero attached hydrogens (tertiary/aromatic N) is 1. The van der Waals surface area contributed by atoms with Crippen LogP contribution in [0.5, 0.6) is 0 Å². The van der Waals surface area contributed by atoms with E-state index in [1.165, 1.54) is 5.56 Å². The van der Waals surface area contributed by atoms with Crippen LogP contribution < -0.4 is 0 Å². The van der Waals surface area contributed by atoms with Crippen LogP contribution in [0.25, 0.3) is 0 Å². The fraction of sp³-hybridized carbons (Fsp3) is 0.500. The number of benzene rings is 1. The summed E-state index contributed by atoms with van der Waals surface area (Å²) in [6, 6.07) is 11.3. The molecule has 1 aromatic rings. The van der Waals surface area contributed by atoms with E-state index in [2.05, 4.69) is 44.2 Å². The third-order valence-electron chi connectivity index (χ3n) is 2.96. The minimum atomic E-state index is 0.696. The number of alkyl halides is 1. The molecule has 0 saturated heterocycles. The van der Waals surface area contributed by atoms with Gasteiger partial charge in [0.15, 0.2) is 6.00 Å². The Morgan fingerprint density at radius 2 is 1.64 bits per heavy atom. The van der Waals surface area contributed by atoms with Crippen molar-refractivity contribution in [3.05, 3.63) is 35.9 Å². The Hall–Kier alpha value is -0.530. The standard InChI is InChI=1S/C12H19ClN/c1-3-14(4-2,11-13)10-12-8-6-5-7-9-12/h5-9H,3-4,10-11H2,1-2H3/q+1. The van der Waals surface area contributed by atoms with E-state index >= 15 is 0 Å². The minimum Gasteiger partial charge on any atom is -0.308 e. The van der Waals surface area contributed by atoms with Crippen molar-refractivity contribution in [2.24, 2.45) is 0 Å². The molecule has 1 nitrogen and oxygen atoms in total. The summed E-state index contributed by atoms with van der Waals surface area (Å²) >= 11 is 6.05. The van der Waals surface area contributed by atoms with Crippen molar-refractivity contribution in [3.63, 3.8) is 0 Å². The van der Waals surface area contributed by atoms with Crippen molar-refractivity contribution < 1.29 is 4.48 Å². The largest absolute Gasteiger partial charge is 0.308 e. The first kappa shape index (κ1) is 11.5. The second-order valence-electron chi connectivity index (χ2n) is 3.74. The van der Waals surface area contributed by atoms with Gasteiger partial charge in [0.2, 0.25) is 0 Å². The maximum absolute atomic E-state index is 6.05. The predicted octanol–water partition coefficient (Wildman–Crippen LogP) is 3.24. The highest BCUT2D eigenvalue weighted by atomic mass is 35.5. The summed E-state index contributed by atoms with van der Waals surface area (Å²) in [7, 11) is 0. The van der Waals surface area contributed by atoms with Crippen LogP contribution in [0.2, 0.25) is 0 Å². The lowest BCUT2D eigenvalue weighted by atomic mass is 10.2. The molecule has 1 rings (SSSR count). The molecule has 0 amide bonds. The molecule has 0 saturated carbocycles. The van der Waals surface area contributed by atoms with Crippen molar-refractivity contribution in [1.82, 2.24) is 0 Å². The van der Waals surface area contributed by atoms with E-state index in [0.717, 1.165) is 24.1 Å². The number of halogens is 1. The van der Waals surface area contributed by atoms with Crippen molar-refractivity contribution in [2.75, 3.05) is 19.1 Å². The van der Waals surface area contributed by atoms with Gasteiger partial charge >= 0.3 is 0 Å². The molecule has 1 aromatic carbocycles. The Labute approximate surface area is 91.9 Å². The maximum atomic E-state index is 6.05. The first-order valence-corrected chi connectivity index (χ1v) is 5.75. The summed E-state index contributed by atoms with van der Waals surface area (Å²) in [5.74, 6) is 0. The number of quaternary nitrogens is 1. The summed E-state index contributed by atoms with van der Waals surface area (Å²) in [4.78, 5) is 0. The summed E-state index contributed by atoms with van der Waals surface area (Å²) < 4.78 is 0.964. The van der Waals surface area contributed by atoms with E-state index in [0.29, 0.717) is 6.00 Å². The van der Waals surface area contributed by atoms with Crippen LogP contribution in [-0.4, -0.2) is 23.6 Å². The van der Waals surface area contributed by atoms with E-state index in [1.54, 1.807) is 0 Å². The van der Waals surface area contributed by atoms with Gasteiger partial charge in [-0.3, -0.25) is 0 Å². The predicted molar refractivity (Wildman–Crippen MR) is 62.2 cm³/mol. The molecule has 0 bridgehead atoms. The van der Waals surface area contributed by atoms with E-state index in [4.69, 9.17) is 11.6 Å². The van der Waals surface area contributed by atoms with E-state index in [9.17, 15) is 0 Å². The molecule has 0 aromatic heterocycles. The molecule has 0 heterocycles. The van der Waals surface area contributed by atoms with Gasteiger partial charge in [-0.2, -0.15) is 0 Å². The van der Waals surface area contributed by atoms with Crippen LogP contribution in [0.15, 0.2) is 30.3 Å². The first-order valence-electron chi connectivity index (χ1n) is 5.21. The molecule has 14 heavy (non-hydrogen) atoms. The second-order valence-corrected chi connectivity index (χ2v) is 3.98. The topological polar surface area (TPSA) is 0 Å². The molecule has 0 aliphatic carbocycles. The van der Waals surface area contributed by atoms with Gasteiger partial charge in [0.25, 0.3) is 0 Å².